The maximum atomic E-state index is 10.5. The molecule has 0 radical (unpaired) electrons. The lowest BCUT2D eigenvalue weighted by Crippen LogP contribution is -2.26. The third-order valence-electron chi connectivity index (χ3n) is 2.21. The molecule has 0 saturated heterocycles. The van der Waals surface area contributed by atoms with Gasteiger partial charge in [-0.05, 0) is 12.0 Å². The van der Waals surface area contributed by atoms with Crippen LogP contribution in [0.5, 0.6) is 0 Å². The number of hydrogen-bond donors (Lipinski definition) is 1. The van der Waals surface area contributed by atoms with Crippen molar-refractivity contribution in [1.29, 1.82) is 0 Å². The van der Waals surface area contributed by atoms with Gasteiger partial charge in [0.15, 0.2) is 0 Å². The van der Waals surface area contributed by atoms with Crippen molar-refractivity contribution in [2.75, 3.05) is 13.6 Å². The van der Waals surface area contributed by atoms with Crippen molar-refractivity contribution in [3.8, 4) is 0 Å². The number of nitrogens with zero attached hydrogens (tertiary/aromatic N) is 1. The summed E-state index contributed by atoms with van der Waals surface area (Å²) in [7, 11) is 1.54. The highest BCUT2D eigenvalue weighted by Crippen LogP contribution is 2.23. The van der Waals surface area contributed by atoms with Crippen molar-refractivity contribution in [1.82, 2.24) is 4.90 Å². The lowest BCUT2D eigenvalue weighted by Gasteiger charge is -2.15. The molecule has 1 aromatic carbocycles. The Morgan fingerprint density at radius 2 is 2.07 bits per heavy atom. The van der Waals surface area contributed by atoms with Crippen LogP contribution in [0.25, 0.3) is 0 Å². The normalized spacial score (nSPS) is 12.1. The summed E-state index contributed by atoms with van der Waals surface area (Å²) in [5, 5.41) is 8.52. The number of benzene rings is 1. The smallest absolute Gasteiger partial charge is 0.407 e. The molecule has 1 N–H and O–H groups in total. The van der Waals surface area contributed by atoms with Crippen LogP contribution in [0.15, 0.2) is 30.3 Å². The molecule has 0 aliphatic rings. The number of amides is 1. The van der Waals surface area contributed by atoms with Crippen LogP contribution < -0.4 is 0 Å². The summed E-state index contributed by atoms with van der Waals surface area (Å²) in [6.45, 7) is 0.443. The van der Waals surface area contributed by atoms with E-state index in [0.717, 1.165) is 5.56 Å². The third kappa shape index (κ3) is 3.80. The zero-order valence-corrected chi connectivity index (χ0v) is 9.31. The second-order valence-corrected chi connectivity index (χ2v) is 3.90. The van der Waals surface area contributed by atoms with E-state index in [1.165, 1.54) is 11.9 Å². The predicted molar refractivity (Wildman–Crippen MR) is 60.3 cm³/mol. The van der Waals surface area contributed by atoms with Gasteiger partial charge in [0.2, 0.25) is 0 Å². The molecule has 15 heavy (non-hydrogen) atoms. The molecule has 1 rings (SSSR count). The van der Waals surface area contributed by atoms with E-state index in [9.17, 15) is 4.79 Å². The molecule has 0 fully saturated rings. The fraction of sp³-hybridized carbons (Fsp3) is 0.364. The van der Waals surface area contributed by atoms with Gasteiger partial charge in [-0.3, -0.25) is 0 Å². The van der Waals surface area contributed by atoms with Crippen LogP contribution in [-0.4, -0.2) is 29.7 Å². The van der Waals surface area contributed by atoms with E-state index in [1.54, 1.807) is 0 Å². The van der Waals surface area contributed by atoms with Gasteiger partial charge in [-0.1, -0.05) is 30.3 Å². The van der Waals surface area contributed by atoms with Gasteiger partial charge in [-0.15, -0.1) is 11.6 Å². The van der Waals surface area contributed by atoms with Crippen molar-refractivity contribution in [3.05, 3.63) is 35.9 Å². The van der Waals surface area contributed by atoms with Gasteiger partial charge in [0.25, 0.3) is 0 Å². The maximum absolute atomic E-state index is 10.5. The lowest BCUT2D eigenvalue weighted by atomic mass is 10.1. The minimum atomic E-state index is -0.924. The largest absolute Gasteiger partial charge is 0.465 e. The quantitative estimate of drug-likeness (QED) is 0.804. The van der Waals surface area contributed by atoms with Crippen molar-refractivity contribution >= 4 is 17.7 Å². The van der Waals surface area contributed by atoms with Crippen LogP contribution in [-0.2, 0) is 0 Å². The van der Waals surface area contributed by atoms with Gasteiger partial charge >= 0.3 is 6.09 Å². The first kappa shape index (κ1) is 11.9. The number of hydrogen-bond acceptors (Lipinski definition) is 1. The lowest BCUT2D eigenvalue weighted by molar-refractivity contribution is 0.155. The molecule has 0 aromatic heterocycles. The van der Waals surface area contributed by atoms with Gasteiger partial charge in [-0.25, -0.2) is 4.79 Å². The molecule has 0 aliphatic heterocycles. The van der Waals surface area contributed by atoms with Crippen molar-refractivity contribution in [3.63, 3.8) is 0 Å². The summed E-state index contributed by atoms with van der Waals surface area (Å²) in [5.41, 5.74) is 1.03. The highest BCUT2D eigenvalue weighted by atomic mass is 35.5. The Kier molecular flexibility index (Phi) is 4.43. The summed E-state index contributed by atoms with van der Waals surface area (Å²) in [5.74, 6) is 0. The van der Waals surface area contributed by atoms with E-state index in [2.05, 4.69) is 0 Å². The highest BCUT2D eigenvalue weighted by Gasteiger charge is 2.10. The first-order valence-electron chi connectivity index (χ1n) is 4.74. The Labute approximate surface area is 94.3 Å². The van der Waals surface area contributed by atoms with E-state index < -0.39 is 6.09 Å². The van der Waals surface area contributed by atoms with Gasteiger partial charge in [-0.2, -0.15) is 0 Å². The van der Waals surface area contributed by atoms with Crippen LogP contribution in [0.3, 0.4) is 0 Å². The Hall–Kier alpha value is -1.22. The molecule has 3 nitrogen and oxygen atoms in total. The van der Waals surface area contributed by atoms with Gasteiger partial charge < -0.3 is 10.0 Å². The zero-order chi connectivity index (χ0) is 11.3. The van der Waals surface area contributed by atoms with Crippen LogP contribution in [0.2, 0.25) is 0 Å². The third-order valence-corrected chi connectivity index (χ3v) is 2.68. The molecule has 0 saturated carbocycles. The minimum absolute atomic E-state index is 0.131. The maximum Gasteiger partial charge on any atom is 0.407 e. The first-order valence-corrected chi connectivity index (χ1v) is 5.18. The molecule has 4 heteroatoms. The Bertz CT molecular complexity index is 316. The molecular formula is C11H14ClNO2. The molecule has 0 bridgehead atoms. The van der Waals surface area contributed by atoms with Crippen molar-refractivity contribution in [2.45, 2.75) is 11.8 Å². The van der Waals surface area contributed by atoms with Gasteiger partial charge in [0.05, 0.1) is 5.38 Å². The van der Waals surface area contributed by atoms with Gasteiger partial charge in [0.1, 0.15) is 0 Å². The first-order chi connectivity index (χ1) is 7.11. The highest BCUT2D eigenvalue weighted by molar-refractivity contribution is 6.20. The summed E-state index contributed by atoms with van der Waals surface area (Å²) >= 11 is 6.14. The van der Waals surface area contributed by atoms with Gasteiger partial charge in [0, 0.05) is 13.6 Å². The molecule has 1 amide bonds. The predicted octanol–water partition coefficient (Wildman–Crippen LogP) is 2.97. The molecule has 0 heterocycles. The monoisotopic (exact) mass is 227 g/mol. The second kappa shape index (κ2) is 5.61. The number of carbonyl (C=O) groups is 1. The molecular weight excluding hydrogens is 214 g/mol. The van der Waals surface area contributed by atoms with E-state index in [4.69, 9.17) is 16.7 Å². The summed E-state index contributed by atoms with van der Waals surface area (Å²) in [6.07, 6.45) is -0.305. The Morgan fingerprint density at radius 1 is 1.47 bits per heavy atom. The molecule has 0 spiro atoms. The molecule has 1 aromatic rings. The molecule has 0 aliphatic carbocycles. The standard InChI is InChI=1S/C11H14ClNO2/c1-13(11(14)15)8-7-10(12)9-5-3-2-4-6-9/h2-6,10H,7-8H2,1H3,(H,14,15). The topological polar surface area (TPSA) is 40.5 Å². The van der Waals surface area contributed by atoms with Crippen molar-refractivity contribution < 1.29 is 9.90 Å². The number of halogens is 1. The Balaban J connectivity index is 2.43. The summed E-state index contributed by atoms with van der Waals surface area (Å²) < 4.78 is 0. The average Bonchev–Trinajstić information content (AvgIpc) is 2.26. The van der Waals surface area contributed by atoms with E-state index in [-0.39, 0.29) is 5.38 Å². The van der Waals surface area contributed by atoms with Crippen LogP contribution >= 0.6 is 11.6 Å². The number of alkyl halides is 1. The summed E-state index contributed by atoms with van der Waals surface area (Å²) in [4.78, 5) is 11.8. The average molecular weight is 228 g/mol. The van der Waals surface area contributed by atoms with Crippen LogP contribution in [0.1, 0.15) is 17.4 Å². The number of rotatable bonds is 4. The molecule has 82 valence electrons. The number of carboxylic acid groups (broad SMARTS) is 1. The van der Waals surface area contributed by atoms with E-state index in [0.29, 0.717) is 13.0 Å². The minimum Gasteiger partial charge on any atom is -0.465 e. The fourth-order valence-electron chi connectivity index (χ4n) is 1.23. The molecule has 1 atom stereocenters. The van der Waals surface area contributed by atoms with Crippen LogP contribution in [0, 0.1) is 0 Å². The van der Waals surface area contributed by atoms with E-state index in [1.807, 2.05) is 30.3 Å². The summed E-state index contributed by atoms with van der Waals surface area (Å²) in [6, 6.07) is 9.66. The fourth-order valence-corrected chi connectivity index (χ4v) is 1.47. The molecule has 1 unspecified atom stereocenters. The zero-order valence-electron chi connectivity index (χ0n) is 8.56. The SMILES string of the molecule is CN(CCC(Cl)c1ccccc1)C(=O)O. The Morgan fingerprint density at radius 3 is 2.60 bits per heavy atom. The van der Waals surface area contributed by atoms with Crippen molar-refractivity contribution in [2.24, 2.45) is 0 Å². The van der Waals surface area contributed by atoms with E-state index >= 15 is 0 Å². The second-order valence-electron chi connectivity index (χ2n) is 3.37. The van der Waals surface area contributed by atoms with Crippen LogP contribution in [0.4, 0.5) is 4.79 Å².